The molecule has 0 spiro atoms. The van der Waals surface area contributed by atoms with E-state index in [1.165, 1.54) is 30.4 Å². The number of hydrogen-bond acceptors (Lipinski definition) is 3. The van der Waals surface area contributed by atoms with Crippen molar-refractivity contribution in [2.45, 2.75) is 52.1 Å². The Balaban J connectivity index is 0.000000221. The van der Waals surface area contributed by atoms with Crippen LogP contribution in [0.1, 0.15) is 55.1 Å². The first-order chi connectivity index (χ1) is 9.31. The number of aldehydes is 1. The molecule has 20 heavy (non-hydrogen) atoms. The number of amides is 1. The number of hydrogen-bond donors (Lipinski definition) is 1. The van der Waals surface area contributed by atoms with Gasteiger partial charge in [-0.25, -0.2) is 4.79 Å². The van der Waals surface area contributed by atoms with Gasteiger partial charge in [-0.1, -0.05) is 12.1 Å². The molecule has 4 nitrogen and oxygen atoms in total. The summed E-state index contributed by atoms with van der Waals surface area (Å²) in [6.07, 6.45) is 5.11. The Labute approximate surface area is 120 Å². The summed E-state index contributed by atoms with van der Waals surface area (Å²) in [4.78, 5) is 20.5. The van der Waals surface area contributed by atoms with Crippen LogP contribution in [0.15, 0.2) is 18.2 Å². The molecule has 1 aromatic rings. The Bertz CT molecular complexity index is 475. The Morgan fingerprint density at radius 2 is 1.80 bits per heavy atom. The normalized spacial score (nSPS) is 13.6. The lowest BCUT2D eigenvalue weighted by atomic mass is 9.91. The monoisotopic (exact) mass is 277 g/mol. The van der Waals surface area contributed by atoms with Crippen LogP contribution in [0.25, 0.3) is 0 Å². The molecule has 0 aliphatic heterocycles. The number of fused-ring (bicyclic) bond motifs is 1. The molecule has 2 N–H and O–H groups in total. The summed E-state index contributed by atoms with van der Waals surface area (Å²) in [5, 5.41) is 0. The third-order valence-electron chi connectivity index (χ3n) is 2.92. The average Bonchev–Trinajstić information content (AvgIpc) is 2.36. The van der Waals surface area contributed by atoms with Gasteiger partial charge in [-0.2, -0.15) is 0 Å². The number of primary amides is 1. The van der Waals surface area contributed by atoms with Gasteiger partial charge in [0.05, 0.1) is 0 Å². The van der Waals surface area contributed by atoms with Gasteiger partial charge in [0.25, 0.3) is 0 Å². The van der Waals surface area contributed by atoms with Crippen LogP contribution in [0.2, 0.25) is 0 Å². The highest BCUT2D eigenvalue weighted by molar-refractivity contribution is 5.75. The fourth-order valence-electron chi connectivity index (χ4n) is 2.13. The van der Waals surface area contributed by atoms with E-state index >= 15 is 0 Å². The standard InChI is InChI=1S/C11H12O.C5H11NO2/c12-8-9-5-6-10-3-1-2-4-11(10)7-9;1-5(2,3)8-4(6)7/h5-8H,1-4H2;1-3H3,(H2,6,7). The summed E-state index contributed by atoms with van der Waals surface area (Å²) in [5.74, 6) is 0. The van der Waals surface area contributed by atoms with Crippen molar-refractivity contribution in [3.63, 3.8) is 0 Å². The molecule has 0 bridgehead atoms. The Morgan fingerprint density at radius 3 is 2.25 bits per heavy atom. The van der Waals surface area contributed by atoms with Crippen LogP contribution in [-0.2, 0) is 17.6 Å². The maximum atomic E-state index is 10.5. The fraction of sp³-hybridized carbons (Fsp3) is 0.500. The van der Waals surface area contributed by atoms with Gasteiger partial charge in [-0.3, -0.25) is 4.79 Å². The van der Waals surface area contributed by atoms with E-state index in [2.05, 4.69) is 10.8 Å². The maximum absolute atomic E-state index is 10.5. The molecule has 4 heteroatoms. The first kappa shape index (κ1) is 16.2. The molecule has 1 aliphatic carbocycles. The molecule has 1 amide bonds. The summed E-state index contributed by atoms with van der Waals surface area (Å²) in [5.41, 5.74) is 7.90. The summed E-state index contributed by atoms with van der Waals surface area (Å²) in [7, 11) is 0. The van der Waals surface area contributed by atoms with Crippen LogP contribution < -0.4 is 5.73 Å². The largest absolute Gasteiger partial charge is 0.444 e. The van der Waals surface area contributed by atoms with Crippen molar-refractivity contribution in [3.8, 4) is 0 Å². The molecule has 0 radical (unpaired) electrons. The number of benzene rings is 1. The third-order valence-corrected chi connectivity index (χ3v) is 2.92. The second-order valence-electron chi connectivity index (χ2n) is 5.89. The molecule has 0 heterocycles. The predicted molar refractivity (Wildman–Crippen MR) is 78.9 cm³/mol. The molecule has 1 aromatic carbocycles. The molecule has 0 fully saturated rings. The lowest BCUT2D eigenvalue weighted by Gasteiger charge is -2.16. The zero-order chi connectivity index (χ0) is 15.2. The van der Waals surface area contributed by atoms with Crippen molar-refractivity contribution in [3.05, 3.63) is 34.9 Å². The number of aryl methyl sites for hydroxylation is 2. The van der Waals surface area contributed by atoms with E-state index in [1.807, 2.05) is 12.1 Å². The van der Waals surface area contributed by atoms with Crippen molar-refractivity contribution in [2.75, 3.05) is 0 Å². The van der Waals surface area contributed by atoms with Gasteiger partial charge in [-0.15, -0.1) is 0 Å². The fourth-order valence-corrected chi connectivity index (χ4v) is 2.13. The van der Waals surface area contributed by atoms with E-state index in [9.17, 15) is 9.59 Å². The van der Waals surface area contributed by atoms with Crippen molar-refractivity contribution >= 4 is 12.4 Å². The zero-order valence-electron chi connectivity index (χ0n) is 12.4. The van der Waals surface area contributed by atoms with Crippen molar-refractivity contribution in [2.24, 2.45) is 5.73 Å². The maximum Gasteiger partial charge on any atom is 0.405 e. The van der Waals surface area contributed by atoms with Gasteiger partial charge in [0, 0.05) is 5.56 Å². The smallest absolute Gasteiger partial charge is 0.405 e. The topological polar surface area (TPSA) is 69.4 Å². The number of rotatable bonds is 1. The summed E-state index contributed by atoms with van der Waals surface area (Å²) >= 11 is 0. The van der Waals surface area contributed by atoms with Gasteiger partial charge in [0.15, 0.2) is 0 Å². The summed E-state index contributed by atoms with van der Waals surface area (Å²) < 4.78 is 4.58. The van der Waals surface area contributed by atoms with Gasteiger partial charge < -0.3 is 10.5 Å². The molecule has 0 unspecified atom stereocenters. The lowest BCUT2D eigenvalue weighted by Crippen LogP contribution is -2.27. The minimum absolute atomic E-state index is 0.453. The summed E-state index contributed by atoms with van der Waals surface area (Å²) in [6.45, 7) is 5.28. The molecule has 0 saturated heterocycles. The van der Waals surface area contributed by atoms with Gasteiger partial charge in [0.2, 0.25) is 0 Å². The van der Waals surface area contributed by atoms with Crippen molar-refractivity contribution in [1.82, 2.24) is 0 Å². The SMILES string of the molecule is CC(C)(C)OC(N)=O.O=Cc1ccc2c(c1)CCCC2. The van der Waals surface area contributed by atoms with Crippen LogP contribution in [0.4, 0.5) is 4.79 Å². The number of nitrogens with two attached hydrogens (primary N) is 1. The van der Waals surface area contributed by atoms with E-state index in [-0.39, 0.29) is 0 Å². The van der Waals surface area contributed by atoms with Crippen LogP contribution in [-0.4, -0.2) is 18.0 Å². The van der Waals surface area contributed by atoms with Crippen molar-refractivity contribution < 1.29 is 14.3 Å². The first-order valence-corrected chi connectivity index (χ1v) is 6.87. The Kier molecular flexibility index (Phi) is 5.74. The molecular weight excluding hydrogens is 254 g/mol. The van der Waals surface area contributed by atoms with Crippen LogP contribution in [0.5, 0.6) is 0 Å². The van der Waals surface area contributed by atoms with E-state index in [0.717, 1.165) is 18.3 Å². The highest BCUT2D eigenvalue weighted by atomic mass is 16.6. The number of ether oxygens (including phenoxy) is 1. The molecule has 110 valence electrons. The minimum atomic E-state index is -0.725. The van der Waals surface area contributed by atoms with Crippen molar-refractivity contribution in [1.29, 1.82) is 0 Å². The molecular formula is C16H23NO3. The Hall–Kier alpha value is -1.84. The second-order valence-corrected chi connectivity index (χ2v) is 5.89. The first-order valence-electron chi connectivity index (χ1n) is 6.87. The predicted octanol–water partition coefficient (Wildman–Crippen LogP) is 3.26. The highest BCUT2D eigenvalue weighted by Gasteiger charge is 2.12. The molecule has 0 saturated carbocycles. The zero-order valence-corrected chi connectivity index (χ0v) is 12.4. The van der Waals surface area contributed by atoms with Crippen LogP contribution in [0, 0.1) is 0 Å². The quantitative estimate of drug-likeness (QED) is 0.801. The Morgan fingerprint density at radius 1 is 1.20 bits per heavy atom. The van der Waals surface area contributed by atoms with E-state index < -0.39 is 11.7 Å². The third kappa shape index (κ3) is 5.87. The average molecular weight is 277 g/mol. The van der Waals surface area contributed by atoms with Crippen LogP contribution in [0.3, 0.4) is 0 Å². The molecule has 2 rings (SSSR count). The number of carbonyl (C=O) groups excluding carboxylic acids is 2. The van der Waals surface area contributed by atoms with Gasteiger partial charge >= 0.3 is 6.09 Å². The van der Waals surface area contributed by atoms with Crippen LogP contribution >= 0.6 is 0 Å². The minimum Gasteiger partial charge on any atom is -0.444 e. The molecule has 1 aliphatic rings. The molecule has 0 aromatic heterocycles. The lowest BCUT2D eigenvalue weighted by molar-refractivity contribution is 0.0600. The highest BCUT2D eigenvalue weighted by Crippen LogP contribution is 2.21. The second kappa shape index (κ2) is 7.08. The van der Waals surface area contributed by atoms with Gasteiger partial charge in [-0.05, 0) is 63.6 Å². The molecule has 0 atom stereocenters. The number of carbonyl (C=O) groups is 2. The summed E-state index contributed by atoms with van der Waals surface area (Å²) in [6, 6.07) is 6.04. The van der Waals surface area contributed by atoms with E-state index in [1.54, 1.807) is 20.8 Å². The van der Waals surface area contributed by atoms with Gasteiger partial charge in [0.1, 0.15) is 11.9 Å². The van der Waals surface area contributed by atoms with E-state index in [0.29, 0.717) is 0 Å². The van der Waals surface area contributed by atoms with E-state index in [4.69, 9.17) is 5.73 Å².